The van der Waals surface area contributed by atoms with Crippen molar-refractivity contribution >= 4 is 5.97 Å². The van der Waals surface area contributed by atoms with Gasteiger partial charge in [0.25, 0.3) is 0 Å². The average Bonchev–Trinajstić information content (AvgIpc) is 3.26. The van der Waals surface area contributed by atoms with E-state index < -0.39 is 12.0 Å². The number of para-hydroxylation sites is 1. The van der Waals surface area contributed by atoms with Crippen LogP contribution in [-0.2, 0) is 24.8 Å². The van der Waals surface area contributed by atoms with Crippen molar-refractivity contribution in [3.8, 4) is 5.75 Å². The third-order valence-corrected chi connectivity index (χ3v) is 5.33. The molecule has 7 heteroatoms. The van der Waals surface area contributed by atoms with Gasteiger partial charge in [0.05, 0.1) is 13.2 Å². The second-order valence-electron chi connectivity index (χ2n) is 6.94. The Balaban J connectivity index is 1.47. The molecule has 4 rings (SSSR count). The molecule has 1 saturated heterocycles. The van der Waals surface area contributed by atoms with E-state index in [-0.39, 0.29) is 0 Å². The number of piperazine rings is 1. The van der Waals surface area contributed by atoms with Crippen molar-refractivity contribution in [1.29, 1.82) is 0 Å². The molecule has 2 aliphatic heterocycles. The van der Waals surface area contributed by atoms with E-state index in [0.29, 0.717) is 19.7 Å². The van der Waals surface area contributed by atoms with Crippen LogP contribution in [0.15, 0.2) is 30.6 Å². The maximum absolute atomic E-state index is 12.1. The highest BCUT2D eigenvalue weighted by Crippen LogP contribution is 2.36. The molecule has 1 aromatic carbocycles. The Labute approximate surface area is 152 Å². The summed E-state index contributed by atoms with van der Waals surface area (Å²) >= 11 is 0. The van der Waals surface area contributed by atoms with Crippen LogP contribution in [0.3, 0.4) is 0 Å². The summed E-state index contributed by atoms with van der Waals surface area (Å²) in [5.74, 6) is 0.990. The summed E-state index contributed by atoms with van der Waals surface area (Å²) in [6.07, 6.45) is 4.61. The molecule has 0 aliphatic carbocycles. The van der Waals surface area contributed by atoms with Crippen molar-refractivity contribution in [2.75, 3.05) is 32.8 Å². The smallest absolute Gasteiger partial charge is 0.325 e. The number of rotatable bonds is 5. The molecule has 0 bridgehead atoms. The van der Waals surface area contributed by atoms with Crippen LogP contribution in [0.2, 0.25) is 0 Å². The summed E-state index contributed by atoms with van der Waals surface area (Å²) in [5.41, 5.74) is 1.90. The van der Waals surface area contributed by atoms with Gasteiger partial charge in [-0.3, -0.25) is 14.6 Å². The minimum absolute atomic E-state index is 0.635. The van der Waals surface area contributed by atoms with Crippen molar-refractivity contribution in [3.05, 3.63) is 47.5 Å². The van der Waals surface area contributed by atoms with E-state index in [9.17, 15) is 9.90 Å². The number of aromatic nitrogens is 2. The highest BCUT2D eigenvalue weighted by molar-refractivity contribution is 5.77. The molecular formula is C19H24N4O3. The maximum Gasteiger partial charge on any atom is 0.325 e. The topological polar surface area (TPSA) is 70.8 Å². The van der Waals surface area contributed by atoms with Crippen LogP contribution < -0.4 is 4.74 Å². The Kier molecular flexibility index (Phi) is 4.65. The fourth-order valence-corrected chi connectivity index (χ4v) is 3.87. The number of aliphatic carboxylic acids is 1. The lowest BCUT2D eigenvalue weighted by atomic mass is 10.00. The SMILES string of the molecule is Cn1ccnc1CN1CCN(C(C(=O)O)c2cccc3c2OCC3)CC1. The monoisotopic (exact) mass is 356 g/mol. The van der Waals surface area contributed by atoms with Crippen molar-refractivity contribution in [1.82, 2.24) is 19.4 Å². The molecule has 2 aromatic rings. The van der Waals surface area contributed by atoms with E-state index in [1.54, 1.807) is 0 Å². The van der Waals surface area contributed by atoms with E-state index >= 15 is 0 Å². The number of fused-ring (bicyclic) bond motifs is 1. The second kappa shape index (κ2) is 7.09. The summed E-state index contributed by atoms with van der Waals surface area (Å²) in [5, 5.41) is 9.90. The van der Waals surface area contributed by atoms with Gasteiger partial charge in [-0.15, -0.1) is 0 Å². The first-order valence-electron chi connectivity index (χ1n) is 9.03. The van der Waals surface area contributed by atoms with Gasteiger partial charge in [-0.2, -0.15) is 0 Å². The molecule has 7 nitrogen and oxygen atoms in total. The first-order chi connectivity index (χ1) is 12.6. The number of hydrogen-bond acceptors (Lipinski definition) is 5. The van der Waals surface area contributed by atoms with Crippen LogP contribution in [0.4, 0.5) is 0 Å². The summed E-state index contributed by atoms with van der Waals surface area (Å²) < 4.78 is 7.77. The van der Waals surface area contributed by atoms with Gasteiger partial charge in [0, 0.05) is 57.6 Å². The predicted molar refractivity (Wildman–Crippen MR) is 96.1 cm³/mol. The molecule has 0 spiro atoms. The van der Waals surface area contributed by atoms with Crippen LogP contribution in [-0.4, -0.2) is 63.2 Å². The molecule has 2 aliphatic rings. The largest absolute Gasteiger partial charge is 0.493 e. The maximum atomic E-state index is 12.1. The zero-order valence-electron chi connectivity index (χ0n) is 15.0. The highest BCUT2D eigenvalue weighted by atomic mass is 16.5. The first kappa shape index (κ1) is 17.1. The molecule has 0 amide bonds. The first-order valence-corrected chi connectivity index (χ1v) is 9.03. The lowest BCUT2D eigenvalue weighted by Gasteiger charge is -2.37. The minimum atomic E-state index is -0.813. The third kappa shape index (κ3) is 3.20. The summed E-state index contributed by atoms with van der Waals surface area (Å²) in [6.45, 7) is 4.50. The number of carboxylic acids is 1. The molecule has 0 saturated carbocycles. The quantitative estimate of drug-likeness (QED) is 0.871. The Morgan fingerprint density at radius 2 is 2.12 bits per heavy atom. The fourth-order valence-electron chi connectivity index (χ4n) is 3.87. The van der Waals surface area contributed by atoms with Crippen LogP contribution in [0.5, 0.6) is 5.75 Å². The van der Waals surface area contributed by atoms with Gasteiger partial charge in [-0.25, -0.2) is 4.98 Å². The van der Waals surface area contributed by atoms with E-state index in [4.69, 9.17) is 4.74 Å². The number of ether oxygens (including phenoxy) is 1. The van der Waals surface area contributed by atoms with Gasteiger partial charge in [-0.1, -0.05) is 18.2 Å². The summed E-state index contributed by atoms with van der Waals surface area (Å²) in [7, 11) is 2.00. The molecule has 1 N–H and O–H groups in total. The van der Waals surface area contributed by atoms with Gasteiger partial charge in [0.1, 0.15) is 17.6 Å². The molecule has 3 heterocycles. The Morgan fingerprint density at radius 3 is 2.81 bits per heavy atom. The number of aryl methyl sites for hydroxylation is 1. The molecular weight excluding hydrogens is 332 g/mol. The van der Waals surface area contributed by atoms with E-state index in [1.165, 1.54) is 0 Å². The standard InChI is InChI=1S/C19H24N4O3/c1-21-7-6-20-16(21)13-22-8-10-23(11-9-22)17(19(24)25)15-4-2-3-14-5-12-26-18(14)15/h2-4,6-7,17H,5,8-13H2,1H3,(H,24,25). The van der Waals surface area contributed by atoms with Crippen molar-refractivity contribution in [3.63, 3.8) is 0 Å². The van der Waals surface area contributed by atoms with Crippen LogP contribution in [0, 0.1) is 0 Å². The highest BCUT2D eigenvalue weighted by Gasteiger charge is 2.34. The lowest BCUT2D eigenvalue weighted by Crippen LogP contribution is -2.49. The summed E-state index contributed by atoms with van der Waals surface area (Å²) in [6, 6.07) is 5.20. The third-order valence-electron chi connectivity index (χ3n) is 5.33. The van der Waals surface area contributed by atoms with Crippen molar-refractivity contribution in [2.24, 2.45) is 7.05 Å². The Hall–Kier alpha value is -2.38. The average molecular weight is 356 g/mol. The van der Waals surface area contributed by atoms with Crippen molar-refractivity contribution < 1.29 is 14.6 Å². The molecule has 1 atom stereocenters. The molecule has 1 aromatic heterocycles. The van der Waals surface area contributed by atoms with E-state index in [0.717, 1.165) is 48.8 Å². The zero-order valence-corrected chi connectivity index (χ0v) is 15.0. The van der Waals surface area contributed by atoms with Gasteiger partial charge in [-0.05, 0) is 5.56 Å². The van der Waals surface area contributed by atoms with Gasteiger partial charge < -0.3 is 14.4 Å². The van der Waals surface area contributed by atoms with Gasteiger partial charge in [0.2, 0.25) is 0 Å². The molecule has 0 radical (unpaired) electrons. The number of hydrogen-bond donors (Lipinski definition) is 1. The Morgan fingerprint density at radius 1 is 1.31 bits per heavy atom. The van der Waals surface area contributed by atoms with Crippen LogP contribution in [0.25, 0.3) is 0 Å². The number of carbonyl (C=O) groups is 1. The van der Waals surface area contributed by atoms with Crippen molar-refractivity contribution in [2.45, 2.75) is 19.0 Å². The summed E-state index contributed by atoms with van der Waals surface area (Å²) in [4.78, 5) is 20.8. The van der Waals surface area contributed by atoms with E-state index in [2.05, 4.69) is 14.8 Å². The van der Waals surface area contributed by atoms with Gasteiger partial charge in [0.15, 0.2) is 0 Å². The minimum Gasteiger partial charge on any atom is -0.493 e. The van der Waals surface area contributed by atoms with Crippen LogP contribution >= 0.6 is 0 Å². The number of carboxylic acid groups (broad SMARTS) is 1. The Bertz CT molecular complexity index is 796. The fraction of sp³-hybridized carbons (Fsp3) is 0.474. The number of nitrogens with zero attached hydrogens (tertiary/aromatic N) is 4. The molecule has 26 heavy (non-hydrogen) atoms. The molecule has 1 unspecified atom stereocenters. The normalized spacial score (nSPS) is 19.1. The number of benzene rings is 1. The zero-order chi connectivity index (χ0) is 18.1. The second-order valence-corrected chi connectivity index (χ2v) is 6.94. The van der Waals surface area contributed by atoms with Gasteiger partial charge >= 0.3 is 5.97 Å². The number of imidazole rings is 1. The molecule has 1 fully saturated rings. The molecule has 138 valence electrons. The van der Waals surface area contributed by atoms with Crippen LogP contribution in [0.1, 0.15) is 23.0 Å². The lowest BCUT2D eigenvalue weighted by molar-refractivity contribution is -0.144. The predicted octanol–water partition coefficient (Wildman–Crippen LogP) is 1.30. The van der Waals surface area contributed by atoms with E-state index in [1.807, 2.05) is 42.2 Å².